The van der Waals surface area contributed by atoms with Crippen LogP contribution in [0.3, 0.4) is 0 Å². The number of carbonyl (C=O) groups is 1. The fourth-order valence-electron chi connectivity index (χ4n) is 1.29. The van der Waals surface area contributed by atoms with Gasteiger partial charge in [0.1, 0.15) is 0 Å². The summed E-state index contributed by atoms with van der Waals surface area (Å²) in [5, 5.41) is 0. The fraction of sp³-hybridized carbons (Fsp3) is 0.778. The van der Waals surface area contributed by atoms with Gasteiger partial charge in [0.2, 0.25) is 0 Å². The van der Waals surface area contributed by atoms with Crippen molar-refractivity contribution in [3.8, 4) is 0 Å². The van der Waals surface area contributed by atoms with E-state index in [1.165, 1.54) is 5.92 Å². The molecule has 1 radical (unpaired) electrons. The average Bonchev–Trinajstić information content (AvgIpc) is 2.06. The molecule has 0 aromatic carbocycles. The van der Waals surface area contributed by atoms with Crippen LogP contribution in [0, 0.1) is 5.92 Å². The number of hydrogen-bond donors (Lipinski definition) is 0. The Morgan fingerprint density at radius 1 is 1.50 bits per heavy atom. The normalized spacial score (nSPS) is 19.3. The van der Waals surface area contributed by atoms with Gasteiger partial charge in [0.05, 0.1) is 6.61 Å². The molecule has 1 heterocycles. The van der Waals surface area contributed by atoms with E-state index in [9.17, 15) is 4.79 Å². The van der Waals surface area contributed by atoms with Crippen LogP contribution in [0.15, 0.2) is 0 Å². The predicted octanol–water partition coefficient (Wildman–Crippen LogP) is 1.83. The second kappa shape index (κ2) is 4.33. The minimum absolute atomic E-state index is 0.162. The third-order valence-corrected chi connectivity index (χ3v) is 2.14. The average molecular weight is 170 g/mol. The minimum atomic E-state index is -0.162. The van der Waals surface area contributed by atoms with Crippen LogP contribution in [-0.4, -0.2) is 30.7 Å². The summed E-state index contributed by atoms with van der Waals surface area (Å²) in [4.78, 5) is 13.0. The molecule has 1 fully saturated rings. The predicted molar refractivity (Wildman–Crippen MR) is 46.7 cm³/mol. The van der Waals surface area contributed by atoms with Crippen LogP contribution in [-0.2, 0) is 4.74 Å². The van der Waals surface area contributed by atoms with E-state index in [0.717, 1.165) is 25.9 Å². The van der Waals surface area contributed by atoms with Crippen LogP contribution in [0.2, 0.25) is 0 Å². The molecule has 1 aliphatic heterocycles. The van der Waals surface area contributed by atoms with Gasteiger partial charge in [-0.2, -0.15) is 0 Å². The lowest BCUT2D eigenvalue weighted by molar-refractivity contribution is 0.102. The number of amides is 1. The molecule has 69 valence electrons. The molecule has 0 aromatic heterocycles. The van der Waals surface area contributed by atoms with Crippen molar-refractivity contribution in [1.82, 2.24) is 4.90 Å². The van der Waals surface area contributed by atoms with E-state index in [2.05, 4.69) is 6.92 Å². The van der Waals surface area contributed by atoms with Crippen LogP contribution in [0.5, 0.6) is 0 Å². The summed E-state index contributed by atoms with van der Waals surface area (Å²) in [7, 11) is 0. The van der Waals surface area contributed by atoms with Crippen molar-refractivity contribution in [2.24, 2.45) is 0 Å². The van der Waals surface area contributed by atoms with Gasteiger partial charge in [-0.05, 0) is 25.7 Å². The highest BCUT2D eigenvalue weighted by atomic mass is 16.6. The monoisotopic (exact) mass is 170 g/mol. The first-order chi connectivity index (χ1) is 5.74. The van der Waals surface area contributed by atoms with Crippen molar-refractivity contribution in [2.45, 2.75) is 26.7 Å². The van der Waals surface area contributed by atoms with E-state index in [1.807, 2.05) is 6.92 Å². The first-order valence-electron chi connectivity index (χ1n) is 4.47. The molecule has 1 aliphatic rings. The Bertz CT molecular complexity index is 151. The van der Waals surface area contributed by atoms with Gasteiger partial charge < -0.3 is 9.64 Å². The Morgan fingerprint density at radius 2 is 2.08 bits per heavy atom. The zero-order chi connectivity index (χ0) is 8.97. The van der Waals surface area contributed by atoms with E-state index < -0.39 is 0 Å². The van der Waals surface area contributed by atoms with Gasteiger partial charge in [-0.3, -0.25) is 0 Å². The SMILES string of the molecule is CCOC(=O)N1CC[C](C)CC1. The number of likely N-dealkylation sites (tertiary alicyclic amines) is 1. The third kappa shape index (κ3) is 2.40. The number of piperidine rings is 1. The molecule has 0 aliphatic carbocycles. The topological polar surface area (TPSA) is 29.5 Å². The lowest BCUT2D eigenvalue weighted by Crippen LogP contribution is -2.37. The molecule has 3 heteroatoms. The highest BCUT2D eigenvalue weighted by Crippen LogP contribution is 2.18. The molecule has 12 heavy (non-hydrogen) atoms. The number of hydrogen-bond acceptors (Lipinski definition) is 2. The lowest BCUT2D eigenvalue weighted by atomic mass is 10.00. The smallest absolute Gasteiger partial charge is 0.409 e. The summed E-state index contributed by atoms with van der Waals surface area (Å²) in [5.74, 6) is 1.48. The number of nitrogens with zero attached hydrogens (tertiary/aromatic N) is 1. The van der Waals surface area contributed by atoms with Crippen LogP contribution < -0.4 is 0 Å². The zero-order valence-corrected chi connectivity index (χ0v) is 7.80. The molecule has 0 bridgehead atoms. The van der Waals surface area contributed by atoms with Gasteiger partial charge in [0, 0.05) is 13.1 Å². The summed E-state index contributed by atoms with van der Waals surface area (Å²) in [6.07, 6.45) is 1.89. The summed E-state index contributed by atoms with van der Waals surface area (Å²) < 4.78 is 4.89. The van der Waals surface area contributed by atoms with Crippen molar-refractivity contribution in [2.75, 3.05) is 19.7 Å². The molecule has 1 saturated heterocycles. The van der Waals surface area contributed by atoms with Crippen LogP contribution in [0.25, 0.3) is 0 Å². The molecule has 0 aromatic rings. The van der Waals surface area contributed by atoms with Gasteiger partial charge in [0.25, 0.3) is 0 Å². The largest absolute Gasteiger partial charge is 0.450 e. The Kier molecular flexibility index (Phi) is 3.38. The molecular weight excluding hydrogens is 154 g/mol. The Balaban J connectivity index is 2.29. The molecule has 3 nitrogen and oxygen atoms in total. The van der Waals surface area contributed by atoms with E-state index in [1.54, 1.807) is 4.90 Å². The second-order valence-electron chi connectivity index (χ2n) is 3.14. The third-order valence-electron chi connectivity index (χ3n) is 2.14. The summed E-state index contributed by atoms with van der Waals surface area (Å²) in [6, 6.07) is 0. The quantitative estimate of drug-likeness (QED) is 0.601. The Labute approximate surface area is 73.7 Å². The van der Waals surface area contributed by atoms with Crippen molar-refractivity contribution < 1.29 is 9.53 Å². The Morgan fingerprint density at radius 3 is 2.58 bits per heavy atom. The highest BCUT2D eigenvalue weighted by Gasteiger charge is 2.20. The van der Waals surface area contributed by atoms with Gasteiger partial charge in [0.15, 0.2) is 0 Å². The molecule has 0 spiro atoms. The van der Waals surface area contributed by atoms with Crippen molar-refractivity contribution in [1.29, 1.82) is 0 Å². The zero-order valence-electron chi connectivity index (χ0n) is 7.80. The molecule has 0 N–H and O–H groups in total. The highest BCUT2D eigenvalue weighted by molar-refractivity contribution is 5.67. The summed E-state index contributed by atoms with van der Waals surface area (Å²) >= 11 is 0. The minimum Gasteiger partial charge on any atom is -0.450 e. The molecule has 0 atom stereocenters. The van der Waals surface area contributed by atoms with Crippen LogP contribution in [0.4, 0.5) is 4.79 Å². The van der Waals surface area contributed by atoms with Crippen molar-refractivity contribution in [3.63, 3.8) is 0 Å². The van der Waals surface area contributed by atoms with Gasteiger partial charge in [-0.15, -0.1) is 0 Å². The van der Waals surface area contributed by atoms with Crippen molar-refractivity contribution >= 4 is 6.09 Å². The summed E-state index contributed by atoms with van der Waals surface area (Å²) in [6.45, 7) is 6.09. The number of carbonyl (C=O) groups excluding carboxylic acids is 1. The lowest BCUT2D eigenvalue weighted by Gasteiger charge is -2.28. The van der Waals surface area contributed by atoms with Gasteiger partial charge in [-0.1, -0.05) is 6.92 Å². The first kappa shape index (κ1) is 9.36. The van der Waals surface area contributed by atoms with E-state index in [-0.39, 0.29) is 6.09 Å². The maximum Gasteiger partial charge on any atom is 0.409 e. The molecule has 0 unspecified atom stereocenters. The Hall–Kier alpha value is -0.730. The van der Waals surface area contributed by atoms with Crippen molar-refractivity contribution in [3.05, 3.63) is 5.92 Å². The first-order valence-corrected chi connectivity index (χ1v) is 4.47. The van der Waals surface area contributed by atoms with E-state index >= 15 is 0 Å². The fourth-order valence-corrected chi connectivity index (χ4v) is 1.29. The van der Waals surface area contributed by atoms with Crippen LogP contribution in [0.1, 0.15) is 26.7 Å². The van der Waals surface area contributed by atoms with Crippen LogP contribution >= 0.6 is 0 Å². The maximum atomic E-state index is 11.2. The van der Waals surface area contributed by atoms with E-state index in [0.29, 0.717) is 6.61 Å². The molecule has 0 saturated carbocycles. The standard InChI is InChI=1S/C9H16NO2/c1-3-12-9(11)10-6-4-8(2)5-7-10/h3-7H2,1-2H3. The van der Waals surface area contributed by atoms with E-state index in [4.69, 9.17) is 4.74 Å². The molecular formula is C9H16NO2. The van der Waals surface area contributed by atoms with Gasteiger partial charge in [-0.25, -0.2) is 4.79 Å². The number of rotatable bonds is 1. The molecule has 1 amide bonds. The maximum absolute atomic E-state index is 11.2. The van der Waals surface area contributed by atoms with Gasteiger partial charge >= 0.3 is 6.09 Å². The second-order valence-corrected chi connectivity index (χ2v) is 3.14. The number of ether oxygens (including phenoxy) is 1. The molecule has 1 rings (SSSR count). The summed E-state index contributed by atoms with van der Waals surface area (Å²) in [5.41, 5.74) is 0.